The van der Waals surface area contributed by atoms with Crippen LogP contribution in [0.5, 0.6) is 5.88 Å². The van der Waals surface area contributed by atoms with Crippen molar-refractivity contribution in [2.45, 2.75) is 6.92 Å². The van der Waals surface area contributed by atoms with E-state index in [9.17, 15) is 5.11 Å². The van der Waals surface area contributed by atoms with Gasteiger partial charge in [0.05, 0.1) is 11.2 Å². The van der Waals surface area contributed by atoms with Gasteiger partial charge in [-0.3, -0.25) is 0 Å². The van der Waals surface area contributed by atoms with Crippen LogP contribution in [0.1, 0.15) is 5.56 Å². The van der Waals surface area contributed by atoms with Crippen LogP contribution in [-0.2, 0) is 0 Å². The summed E-state index contributed by atoms with van der Waals surface area (Å²) in [5, 5.41) is 19.6. The summed E-state index contributed by atoms with van der Waals surface area (Å²) in [6.45, 7) is 1.93. The largest absolute Gasteiger partial charge is 0.493 e. The Balaban J connectivity index is 2.02. The average molecular weight is 286 g/mol. The van der Waals surface area contributed by atoms with Crippen LogP contribution in [0.4, 0.5) is 11.4 Å². The Kier molecular flexibility index (Phi) is 3.16. The number of azo groups is 1. The van der Waals surface area contributed by atoms with Crippen LogP contribution in [0.15, 0.2) is 52.7 Å². The molecule has 3 aromatic rings. The number of para-hydroxylation sites is 1. The molecule has 0 fully saturated rings. The van der Waals surface area contributed by atoms with Crippen LogP contribution in [0, 0.1) is 6.92 Å². The molecule has 0 aliphatic carbocycles. The fourth-order valence-electron chi connectivity index (χ4n) is 1.97. The van der Waals surface area contributed by atoms with Crippen molar-refractivity contribution >= 4 is 33.9 Å². The first kappa shape index (κ1) is 12.7. The number of hydrogen-bond donors (Lipinski definition) is 2. The van der Waals surface area contributed by atoms with Crippen molar-refractivity contribution in [3.05, 3.63) is 53.1 Å². The topological polar surface area (TPSA) is 60.7 Å². The van der Waals surface area contributed by atoms with Gasteiger partial charge in [0.15, 0.2) is 5.69 Å². The molecule has 0 unspecified atom stereocenters. The molecule has 3 rings (SSSR count). The van der Waals surface area contributed by atoms with Crippen molar-refractivity contribution in [1.82, 2.24) is 4.98 Å². The van der Waals surface area contributed by atoms with Crippen molar-refractivity contribution in [3.63, 3.8) is 0 Å². The lowest BCUT2D eigenvalue weighted by molar-refractivity contribution is 0.459. The van der Waals surface area contributed by atoms with Crippen LogP contribution < -0.4 is 0 Å². The van der Waals surface area contributed by atoms with Gasteiger partial charge in [-0.25, -0.2) is 0 Å². The maximum absolute atomic E-state index is 9.88. The molecule has 0 saturated heterocycles. The van der Waals surface area contributed by atoms with Gasteiger partial charge in [0, 0.05) is 10.4 Å². The molecule has 5 heteroatoms. The third-order valence-corrected chi connectivity index (χ3v) is 3.49. The summed E-state index contributed by atoms with van der Waals surface area (Å²) < 4.78 is 0. The summed E-state index contributed by atoms with van der Waals surface area (Å²) in [6, 6.07) is 13.0. The second-order valence-corrected chi connectivity index (χ2v) is 4.91. The summed E-state index contributed by atoms with van der Waals surface area (Å²) >= 11 is 6.04. The first-order chi connectivity index (χ1) is 9.65. The number of rotatable bonds is 2. The fraction of sp³-hybridized carbons (Fsp3) is 0.0667. The van der Waals surface area contributed by atoms with Gasteiger partial charge in [-0.2, -0.15) is 5.11 Å². The minimum absolute atomic E-state index is 0.00755. The van der Waals surface area contributed by atoms with Crippen molar-refractivity contribution in [3.8, 4) is 5.88 Å². The Morgan fingerprint density at radius 3 is 2.70 bits per heavy atom. The monoisotopic (exact) mass is 285 g/mol. The molecule has 20 heavy (non-hydrogen) atoms. The average Bonchev–Trinajstić information content (AvgIpc) is 2.76. The van der Waals surface area contributed by atoms with E-state index in [1.807, 2.05) is 43.3 Å². The number of aromatic hydroxyl groups is 1. The Hall–Kier alpha value is -2.33. The van der Waals surface area contributed by atoms with Gasteiger partial charge in [0.1, 0.15) is 0 Å². The van der Waals surface area contributed by atoms with Gasteiger partial charge in [-0.05, 0) is 30.7 Å². The van der Waals surface area contributed by atoms with E-state index < -0.39 is 0 Å². The number of nitrogens with zero attached hydrogens (tertiary/aromatic N) is 2. The second-order valence-electron chi connectivity index (χ2n) is 4.50. The first-order valence-electron chi connectivity index (χ1n) is 6.13. The van der Waals surface area contributed by atoms with Crippen molar-refractivity contribution in [2.75, 3.05) is 0 Å². The van der Waals surface area contributed by atoms with E-state index in [0.29, 0.717) is 16.4 Å². The number of H-pyrrole nitrogens is 1. The van der Waals surface area contributed by atoms with E-state index in [2.05, 4.69) is 15.2 Å². The number of hydrogen-bond acceptors (Lipinski definition) is 3. The Morgan fingerprint density at radius 1 is 1.10 bits per heavy atom. The fourth-order valence-corrected chi connectivity index (χ4v) is 2.14. The molecule has 0 spiro atoms. The highest BCUT2D eigenvalue weighted by Crippen LogP contribution is 2.36. The Bertz CT molecular complexity index is 808. The summed E-state index contributed by atoms with van der Waals surface area (Å²) in [5.41, 5.74) is 2.88. The zero-order valence-electron chi connectivity index (χ0n) is 10.8. The van der Waals surface area contributed by atoms with Crippen molar-refractivity contribution < 1.29 is 5.11 Å². The van der Waals surface area contributed by atoms with E-state index in [1.165, 1.54) is 0 Å². The van der Waals surface area contributed by atoms with Gasteiger partial charge in [0.2, 0.25) is 5.88 Å². The number of aromatic nitrogens is 1. The lowest BCUT2D eigenvalue weighted by Crippen LogP contribution is -1.72. The molecule has 0 aliphatic heterocycles. The Labute approximate surface area is 120 Å². The minimum atomic E-state index is 0.00755. The van der Waals surface area contributed by atoms with Gasteiger partial charge >= 0.3 is 0 Å². The maximum Gasteiger partial charge on any atom is 0.218 e. The normalized spacial score (nSPS) is 11.5. The predicted octanol–water partition coefficient (Wildman–Crippen LogP) is 5.25. The third kappa shape index (κ3) is 2.26. The molecule has 100 valence electrons. The lowest BCUT2D eigenvalue weighted by atomic mass is 10.2. The molecule has 0 amide bonds. The third-order valence-electron chi connectivity index (χ3n) is 3.08. The number of fused-ring (bicyclic) bond motifs is 1. The molecule has 4 nitrogen and oxygen atoms in total. The van der Waals surface area contributed by atoms with Crippen LogP contribution in [0.2, 0.25) is 5.02 Å². The smallest absolute Gasteiger partial charge is 0.218 e. The molecule has 2 N–H and O–H groups in total. The summed E-state index contributed by atoms with van der Waals surface area (Å²) in [4.78, 5) is 2.86. The molecule has 0 aliphatic rings. The van der Waals surface area contributed by atoms with E-state index in [0.717, 1.165) is 16.5 Å². The highest BCUT2D eigenvalue weighted by Gasteiger charge is 2.09. The molecular weight excluding hydrogens is 274 g/mol. The van der Waals surface area contributed by atoms with Gasteiger partial charge < -0.3 is 10.1 Å². The summed E-state index contributed by atoms with van der Waals surface area (Å²) in [6.07, 6.45) is 0. The molecule has 0 bridgehead atoms. The number of halogens is 1. The van der Waals surface area contributed by atoms with E-state index in [4.69, 9.17) is 11.6 Å². The highest BCUT2D eigenvalue weighted by atomic mass is 35.5. The van der Waals surface area contributed by atoms with Crippen molar-refractivity contribution in [1.29, 1.82) is 0 Å². The number of benzene rings is 2. The molecule has 2 aromatic carbocycles. The molecule has 1 heterocycles. The molecular formula is C15H12ClN3O. The number of aromatic amines is 1. The highest BCUT2D eigenvalue weighted by molar-refractivity contribution is 6.31. The SMILES string of the molecule is Cc1ccc(N=Nc2c(O)[nH]c3ccccc23)cc1Cl. The van der Waals surface area contributed by atoms with Crippen LogP contribution in [0.3, 0.4) is 0 Å². The standard InChI is InChI=1S/C15H12ClN3O/c1-9-6-7-10(8-12(9)16)18-19-14-11-4-2-3-5-13(11)17-15(14)20/h2-8,17,20H,1H3. The quantitative estimate of drug-likeness (QED) is 0.621. The van der Waals surface area contributed by atoms with E-state index in [-0.39, 0.29) is 5.88 Å². The summed E-state index contributed by atoms with van der Waals surface area (Å²) in [7, 11) is 0. The molecule has 0 saturated carbocycles. The van der Waals surface area contributed by atoms with Crippen LogP contribution in [0.25, 0.3) is 10.9 Å². The predicted molar refractivity (Wildman–Crippen MR) is 80.3 cm³/mol. The first-order valence-corrected chi connectivity index (χ1v) is 6.50. The number of aryl methyl sites for hydroxylation is 1. The minimum Gasteiger partial charge on any atom is -0.493 e. The van der Waals surface area contributed by atoms with E-state index in [1.54, 1.807) is 6.07 Å². The van der Waals surface area contributed by atoms with Gasteiger partial charge in [-0.1, -0.05) is 35.9 Å². The second kappa shape index (κ2) is 4.98. The molecule has 0 radical (unpaired) electrons. The van der Waals surface area contributed by atoms with Gasteiger partial charge in [-0.15, -0.1) is 5.11 Å². The Morgan fingerprint density at radius 2 is 1.90 bits per heavy atom. The van der Waals surface area contributed by atoms with E-state index >= 15 is 0 Å². The summed E-state index contributed by atoms with van der Waals surface area (Å²) in [5.74, 6) is 0.00755. The molecule has 1 aromatic heterocycles. The zero-order valence-corrected chi connectivity index (χ0v) is 11.5. The molecule has 0 atom stereocenters. The van der Waals surface area contributed by atoms with Crippen LogP contribution in [-0.4, -0.2) is 10.1 Å². The zero-order chi connectivity index (χ0) is 14.1. The van der Waals surface area contributed by atoms with Crippen LogP contribution >= 0.6 is 11.6 Å². The van der Waals surface area contributed by atoms with Crippen molar-refractivity contribution in [2.24, 2.45) is 10.2 Å². The lowest BCUT2D eigenvalue weighted by Gasteiger charge is -1.97. The number of nitrogens with one attached hydrogen (secondary N) is 1. The maximum atomic E-state index is 9.88. The van der Waals surface area contributed by atoms with Gasteiger partial charge in [0.25, 0.3) is 0 Å².